The fourth-order valence-electron chi connectivity index (χ4n) is 1.52. The predicted octanol–water partition coefficient (Wildman–Crippen LogP) is 3.25. The normalized spacial score (nSPS) is 10.8. The fourth-order valence-corrected chi connectivity index (χ4v) is 1.70. The molecule has 0 aromatic heterocycles. The molecule has 0 aliphatic heterocycles. The summed E-state index contributed by atoms with van der Waals surface area (Å²) in [5, 5.41) is 0.630. The third-order valence-corrected chi connectivity index (χ3v) is 2.84. The van der Waals surface area contributed by atoms with Crippen molar-refractivity contribution in [2.45, 2.75) is 20.3 Å². The van der Waals surface area contributed by atoms with Gasteiger partial charge in [-0.1, -0.05) is 31.5 Å². The summed E-state index contributed by atoms with van der Waals surface area (Å²) in [5.41, 5.74) is 0. The quantitative estimate of drug-likeness (QED) is 0.679. The Labute approximate surface area is 103 Å². The van der Waals surface area contributed by atoms with E-state index in [0.717, 1.165) is 31.8 Å². The molecule has 1 aromatic rings. The van der Waals surface area contributed by atoms with Gasteiger partial charge in [-0.15, -0.1) is 0 Å². The molecule has 0 saturated carbocycles. The van der Waals surface area contributed by atoms with Crippen molar-refractivity contribution in [2.24, 2.45) is 0 Å². The molecular formula is C13H19ClNO. The topological polar surface area (TPSA) is 12.5 Å². The minimum Gasteiger partial charge on any atom is -0.492 e. The van der Waals surface area contributed by atoms with Crippen LogP contribution in [-0.4, -0.2) is 31.1 Å². The van der Waals surface area contributed by atoms with Gasteiger partial charge in [-0.3, -0.25) is 0 Å². The lowest BCUT2D eigenvalue weighted by molar-refractivity contribution is 0.249. The Morgan fingerprint density at radius 3 is 2.75 bits per heavy atom. The molecule has 1 rings (SSSR count). The Bertz CT molecular complexity index is 300. The second-order valence-corrected chi connectivity index (χ2v) is 3.99. The summed E-state index contributed by atoms with van der Waals surface area (Å²) in [5.74, 6) is 0.750. The van der Waals surface area contributed by atoms with Crippen LogP contribution >= 0.6 is 11.6 Å². The molecule has 0 amide bonds. The van der Waals surface area contributed by atoms with Gasteiger partial charge in [0.25, 0.3) is 0 Å². The first-order valence-corrected chi connectivity index (χ1v) is 6.16. The van der Waals surface area contributed by atoms with Crippen molar-refractivity contribution in [3.05, 3.63) is 29.3 Å². The summed E-state index contributed by atoms with van der Waals surface area (Å²) in [6.45, 7) is 8.32. The van der Waals surface area contributed by atoms with Crippen LogP contribution in [0.4, 0.5) is 0 Å². The van der Waals surface area contributed by atoms with Crippen molar-refractivity contribution in [1.29, 1.82) is 0 Å². The molecule has 0 spiro atoms. The number of hydrogen-bond donors (Lipinski definition) is 0. The van der Waals surface area contributed by atoms with Gasteiger partial charge in [-0.2, -0.15) is 0 Å². The average molecular weight is 241 g/mol. The van der Waals surface area contributed by atoms with Gasteiger partial charge in [0.1, 0.15) is 5.75 Å². The third kappa shape index (κ3) is 4.42. The number of hydrogen-bond acceptors (Lipinski definition) is 2. The van der Waals surface area contributed by atoms with E-state index in [-0.39, 0.29) is 0 Å². The van der Waals surface area contributed by atoms with Crippen LogP contribution in [0.25, 0.3) is 0 Å². The molecule has 0 aliphatic carbocycles. The highest BCUT2D eigenvalue weighted by Crippen LogP contribution is 2.22. The van der Waals surface area contributed by atoms with Crippen molar-refractivity contribution in [3.63, 3.8) is 0 Å². The number of ether oxygens (including phenoxy) is 1. The molecule has 0 aliphatic rings. The Balaban J connectivity index is 2.23. The highest BCUT2D eigenvalue weighted by Gasteiger charge is 2.01. The monoisotopic (exact) mass is 240 g/mol. The Morgan fingerprint density at radius 2 is 2.12 bits per heavy atom. The summed E-state index contributed by atoms with van der Waals surface area (Å²) in [6, 6.07) is 8.29. The zero-order valence-corrected chi connectivity index (χ0v) is 10.8. The van der Waals surface area contributed by atoms with Gasteiger partial charge in [-0.05, 0) is 37.7 Å². The van der Waals surface area contributed by atoms with Crippen LogP contribution < -0.4 is 4.74 Å². The van der Waals surface area contributed by atoms with Crippen molar-refractivity contribution >= 4 is 11.6 Å². The highest BCUT2D eigenvalue weighted by molar-refractivity contribution is 6.32. The van der Waals surface area contributed by atoms with Crippen LogP contribution in [0.2, 0.25) is 5.02 Å². The predicted molar refractivity (Wildman–Crippen MR) is 68.2 cm³/mol. The molecule has 0 saturated heterocycles. The van der Waals surface area contributed by atoms with Gasteiger partial charge < -0.3 is 9.64 Å². The van der Waals surface area contributed by atoms with Gasteiger partial charge in [0.2, 0.25) is 0 Å². The zero-order chi connectivity index (χ0) is 11.8. The van der Waals surface area contributed by atoms with Crippen LogP contribution in [0, 0.1) is 6.07 Å². The lowest BCUT2D eigenvalue weighted by Crippen LogP contribution is -2.25. The smallest absolute Gasteiger partial charge is 0.137 e. The molecular weight excluding hydrogens is 222 g/mol. The molecule has 3 heteroatoms. The van der Waals surface area contributed by atoms with Crippen molar-refractivity contribution in [2.75, 3.05) is 26.2 Å². The molecule has 0 heterocycles. The largest absolute Gasteiger partial charge is 0.492 e. The zero-order valence-electron chi connectivity index (χ0n) is 10.0. The maximum atomic E-state index is 5.95. The molecule has 0 unspecified atom stereocenters. The van der Waals surface area contributed by atoms with Crippen LogP contribution in [0.1, 0.15) is 20.3 Å². The number of halogens is 1. The lowest BCUT2D eigenvalue weighted by Gasteiger charge is -2.17. The van der Waals surface area contributed by atoms with Crippen molar-refractivity contribution in [1.82, 2.24) is 4.90 Å². The number of rotatable bonds is 7. The first-order valence-electron chi connectivity index (χ1n) is 5.78. The Morgan fingerprint density at radius 1 is 1.38 bits per heavy atom. The second-order valence-electron chi connectivity index (χ2n) is 3.59. The maximum Gasteiger partial charge on any atom is 0.137 e. The Kier molecular flexibility index (Phi) is 6.27. The van der Waals surface area contributed by atoms with E-state index in [1.165, 1.54) is 0 Å². The molecule has 0 bridgehead atoms. The van der Waals surface area contributed by atoms with E-state index in [0.29, 0.717) is 11.6 Å². The lowest BCUT2D eigenvalue weighted by atomic mass is 10.3. The molecule has 89 valence electrons. The van der Waals surface area contributed by atoms with Crippen molar-refractivity contribution in [3.8, 4) is 5.75 Å². The first kappa shape index (κ1) is 13.3. The van der Waals surface area contributed by atoms with Gasteiger partial charge in [-0.25, -0.2) is 0 Å². The molecule has 16 heavy (non-hydrogen) atoms. The number of nitrogens with zero attached hydrogens (tertiary/aromatic N) is 1. The summed E-state index contributed by atoms with van der Waals surface area (Å²) in [7, 11) is 0. The minimum atomic E-state index is 0.630. The van der Waals surface area contributed by atoms with Crippen LogP contribution in [0.15, 0.2) is 18.2 Å². The van der Waals surface area contributed by atoms with E-state index in [9.17, 15) is 0 Å². The first-order chi connectivity index (χ1) is 7.77. The van der Waals surface area contributed by atoms with E-state index < -0.39 is 0 Å². The fraction of sp³-hybridized carbons (Fsp3) is 0.538. The highest BCUT2D eigenvalue weighted by atomic mass is 35.5. The van der Waals surface area contributed by atoms with E-state index in [2.05, 4.69) is 24.8 Å². The SMILES string of the molecule is CCN(CC)CCCOc1cc[c]cc1Cl. The van der Waals surface area contributed by atoms with Gasteiger partial charge in [0.05, 0.1) is 11.6 Å². The molecule has 0 fully saturated rings. The third-order valence-electron chi connectivity index (χ3n) is 2.55. The number of benzene rings is 1. The van der Waals surface area contributed by atoms with Crippen molar-refractivity contribution < 1.29 is 4.74 Å². The van der Waals surface area contributed by atoms with Crippen LogP contribution in [0.3, 0.4) is 0 Å². The standard InChI is InChI=1S/C13H19ClNO/c1-3-15(4-2)10-7-11-16-13-9-6-5-8-12(13)14/h6,8-9H,3-4,7,10-11H2,1-2H3. The van der Waals surface area contributed by atoms with E-state index >= 15 is 0 Å². The van der Waals surface area contributed by atoms with Gasteiger partial charge in [0.15, 0.2) is 0 Å². The molecule has 1 aromatic carbocycles. The van der Waals surface area contributed by atoms with Crippen LogP contribution in [-0.2, 0) is 0 Å². The van der Waals surface area contributed by atoms with Crippen LogP contribution in [0.5, 0.6) is 5.75 Å². The summed E-state index contributed by atoms with van der Waals surface area (Å²) in [4.78, 5) is 2.38. The summed E-state index contributed by atoms with van der Waals surface area (Å²) >= 11 is 5.95. The molecule has 1 radical (unpaired) electrons. The molecule has 2 nitrogen and oxygen atoms in total. The Hall–Kier alpha value is -0.730. The molecule has 0 atom stereocenters. The van der Waals surface area contributed by atoms with Gasteiger partial charge in [0, 0.05) is 6.54 Å². The minimum absolute atomic E-state index is 0.630. The van der Waals surface area contributed by atoms with E-state index in [4.69, 9.17) is 16.3 Å². The second kappa shape index (κ2) is 7.53. The van der Waals surface area contributed by atoms with E-state index in [1.807, 2.05) is 12.1 Å². The van der Waals surface area contributed by atoms with E-state index in [1.54, 1.807) is 6.07 Å². The molecule has 0 N–H and O–H groups in total. The summed E-state index contributed by atoms with van der Waals surface area (Å²) < 4.78 is 5.60. The maximum absolute atomic E-state index is 5.95. The summed E-state index contributed by atoms with van der Waals surface area (Å²) in [6.07, 6.45) is 1.02. The van der Waals surface area contributed by atoms with Gasteiger partial charge >= 0.3 is 0 Å². The average Bonchev–Trinajstić information content (AvgIpc) is 2.31.